The van der Waals surface area contributed by atoms with E-state index in [1.807, 2.05) is 49.4 Å². The van der Waals surface area contributed by atoms with Gasteiger partial charge in [-0.3, -0.25) is 0 Å². The van der Waals surface area contributed by atoms with Gasteiger partial charge < -0.3 is 5.73 Å². The van der Waals surface area contributed by atoms with Gasteiger partial charge in [-0.25, -0.2) is 8.42 Å². The Labute approximate surface area is 156 Å². The summed E-state index contributed by atoms with van der Waals surface area (Å²) in [5.74, 6) is 0.409. The third-order valence-corrected chi connectivity index (χ3v) is 6.72. The zero-order valence-corrected chi connectivity index (χ0v) is 16.0. The van der Waals surface area contributed by atoms with Crippen molar-refractivity contribution in [1.82, 2.24) is 4.31 Å². The maximum absolute atomic E-state index is 12.9. The number of nitrogens with zero attached hydrogens (tertiary/aromatic N) is 1. The fourth-order valence-electron chi connectivity index (χ4n) is 3.26. The van der Waals surface area contributed by atoms with Crippen molar-refractivity contribution >= 4 is 22.4 Å². The Hall–Kier alpha value is -1.40. The van der Waals surface area contributed by atoms with Crippen LogP contribution in [0.1, 0.15) is 19.8 Å². The standard InChI is InChI=1S/C19H24N2O2S.ClH/c1-15(20)16-10-12-21(13-11-16)24(22,23)19-9-5-8-18(14-19)17-6-3-2-4-7-17;/h2-9,14-16H,10-13,20H2,1H3;1H. The minimum absolute atomic E-state index is 0. The summed E-state index contributed by atoms with van der Waals surface area (Å²) in [6, 6.07) is 17.1. The van der Waals surface area contributed by atoms with Crippen LogP contribution in [0, 0.1) is 5.92 Å². The van der Waals surface area contributed by atoms with Crippen LogP contribution < -0.4 is 5.73 Å². The van der Waals surface area contributed by atoms with Crippen molar-refractivity contribution in [2.24, 2.45) is 11.7 Å². The van der Waals surface area contributed by atoms with E-state index in [1.54, 1.807) is 16.4 Å². The highest BCUT2D eigenvalue weighted by atomic mass is 35.5. The van der Waals surface area contributed by atoms with E-state index in [2.05, 4.69) is 0 Å². The molecule has 0 aromatic heterocycles. The summed E-state index contributed by atoms with van der Waals surface area (Å²) in [6.45, 7) is 3.09. The van der Waals surface area contributed by atoms with Gasteiger partial charge in [0.05, 0.1) is 4.90 Å². The second-order valence-electron chi connectivity index (χ2n) is 6.49. The molecule has 2 aromatic carbocycles. The number of rotatable bonds is 4. The lowest BCUT2D eigenvalue weighted by Crippen LogP contribution is -2.42. The molecule has 1 saturated heterocycles. The van der Waals surface area contributed by atoms with Gasteiger partial charge in [-0.2, -0.15) is 4.31 Å². The van der Waals surface area contributed by atoms with Crippen molar-refractivity contribution < 1.29 is 8.42 Å². The summed E-state index contributed by atoms with van der Waals surface area (Å²) in [7, 11) is -3.45. The maximum atomic E-state index is 12.9. The molecule has 1 aliphatic rings. The van der Waals surface area contributed by atoms with Gasteiger partial charge in [0.25, 0.3) is 0 Å². The lowest BCUT2D eigenvalue weighted by molar-refractivity contribution is 0.250. The van der Waals surface area contributed by atoms with E-state index in [0.29, 0.717) is 23.9 Å². The molecule has 6 heteroatoms. The van der Waals surface area contributed by atoms with Gasteiger partial charge in [-0.15, -0.1) is 12.4 Å². The van der Waals surface area contributed by atoms with Crippen LogP contribution in [0.2, 0.25) is 0 Å². The fraction of sp³-hybridized carbons (Fsp3) is 0.368. The minimum atomic E-state index is -3.45. The number of piperidine rings is 1. The lowest BCUT2D eigenvalue weighted by Gasteiger charge is -2.33. The summed E-state index contributed by atoms with van der Waals surface area (Å²) in [5, 5.41) is 0. The molecule has 0 aliphatic carbocycles. The molecule has 136 valence electrons. The van der Waals surface area contributed by atoms with Crippen molar-refractivity contribution in [3.05, 3.63) is 54.6 Å². The molecule has 1 fully saturated rings. The Morgan fingerprint density at radius 2 is 1.60 bits per heavy atom. The molecule has 1 unspecified atom stereocenters. The fourth-order valence-corrected chi connectivity index (χ4v) is 4.77. The average molecular weight is 381 g/mol. The Morgan fingerprint density at radius 3 is 2.20 bits per heavy atom. The normalized spacial score (nSPS) is 17.7. The summed E-state index contributed by atoms with van der Waals surface area (Å²) in [6.07, 6.45) is 1.66. The summed E-state index contributed by atoms with van der Waals surface area (Å²) < 4.78 is 27.5. The van der Waals surface area contributed by atoms with Gasteiger partial charge in [-0.1, -0.05) is 42.5 Å². The zero-order chi connectivity index (χ0) is 17.2. The first-order valence-electron chi connectivity index (χ1n) is 8.40. The number of halogens is 1. The Balaban J connectivity index is 0.00000225. The average Bonchev–Trinajstić information content (AvgIpc) is 2.62. The molecule has 2 N–H and O–H groups in total. The van der Waals surface area contributed by atoms with Crippen molar-refractivity contribution in [2.75, 3.05) is 13.1 Å². The van der Waals surface area contributed by atoms with Crippen molar-refractivity contribution in [1.29, 1.82) is 0 Å². The third kappa shape index (κ3) is 4.42. The van der Waals surface area contributed by atoms with Crippen molar-refractivity contribution in [3.63, 3.8) is 0 Å². The van der Waals surface area contributed by atoms with Gasteiger partial charge >= 0.3 is 0 Å². The van der Waals surface area contributed by atoms with Gasteiger partial charge in [0.2, 0.25) is 10.0 Å². The van der Waals surface area contributed by atoms with Gasteiger partial charge in [-0.05, 0) is 48.9 Å². The SMILES string of the molecule is CC(N)C1CCN(S(=O)(=O)c2cccc(-c3ccccc3)c2)CC1.Cl. The number of sulfonamides is 1. The maximum Gasteiger partial charge on any atom is 0.243 e. The predicted molar refractivity (Wildman–Crippen MR) is 104 cm³/mol. The van der Waals surface area contributed by atoms with E-state index >= 15 is 0 Å². The first-order valence-corrected chi connectivity index (χ1v) is 9.84. The second kappa shape index (κ2) is 8.32. The first kappa shape index (κ1) is 19.9. The first-order chi connectivity index (χ1) is 11.5. The zero-order valence-electron chi connectivity index (χ0n) is 14.3. The molecule has 1 heterocycles. The lowest BCUT2D eigenvalue weighted by atomic mass is 9.92. The van der Waals surface area contributed by atoms with E-state index in [0.717, 1.165) is 24.0 Å². The summed E-state index contributed by atoms with van der Waals surface area (Å²) >= 11 is 0. The Bertz CT molecular complexity index is 786. The van der Waals surface area contributed by atoms with Crippen LogP contribution in [0.3, 0.4) is 0 Å². The van der Waals surface area contributed by atoms with Crippen LogP contribution in [0.25, 0.3) is 11.1 Å². The van der Waals surface area contributed by atoms with Crippen molar-refractivity contribution in [2.45, 2.75) is 30.7 Å². The number of nitrogens with two attached hydrogens (primary N) is 1. The van der Waals surface area contributed by atoms with Crippen LogP contribution in [-0.4, -0.2) is 31.9 Å². The van der Waals surface area contributed by atoms with E-state index in [4.69, 9.17) is 5.73 Å². The monoisotopic (exact) mass is 380 g/mol. The summed E-state index contributed by atoms with van der Waals surface area (Å²) in [4.78, 5) is 0.364. The van der Waals surface area contributed by atoms with Crippen molar-refractivity contribution in [3.8, 4) is 11.1 Å². The Kier molecular flexibility index (Phi) is 6.63. The molecule has 4 nitrogen and oxygen atoms in total. The van der Waals surface area contributed by atoms with Gasteiger partial charge in [0.1, 0.15) is 0 Å². The molecule has 1 atom stereocenters. The van der Waals surface area contributed by atoms with Gasteiger partial charge in [0.15, 0.2) is 0 Å². The van der Waals surface area contributed by atoms with Crippen LogP contribution in [0.5, 0.6) is 0 Å². The van der Waals surface area contributed by atoms with E-state index in [-0.39, 0.29) is 18.4 Å². The highest BCUT2D eigenvalue weighted by Gasteiger charge is 2.30. The van der Waals surface area contributed by atoms with Crippen LogP contribution in [0.4, 0.5) is 0 Å². The molecule has 25 heavy (non-hydrogen) atoms. The van der Waals surface area contributed by atoms with E-state index in [9.17, 15) is 8.42 Å². The second-order valence-corrected chi connectivity index (χ2v) is 8.43. The minimum Gasteiger partial charge on any atom is -0.328 e. The molecule has 0 amide bonds. The molecule has 0 radical (unpaired) electrons. The van der Waals surface area contributed by atoms with Crippen LogP contribution in [0.15, 0.2) is 59.5 Å². The molecule has 2 aromatic rings. The number of hydrogen-bond acceptors (Lipinski definition) is 3. The largest absolute Gasteiger partial charge is 0.328 e. The highest BCUT2D eigenvalue weighted by molar-refractivity contribution is 7.89. The highest BCUT2D eigenvalue weighted by Crippen LogP contribution is 2.27. The van der Waals surface area contributed by atoms with Gasteiger partial charge in [0, 0.05) is 19.1 Å². The molecule has 3 rings (SSSR count). The van der Waals surface area contributed by atoms with E-state index < -0.39 is 10.0 Å². The summed E-state index contributed by atoms with van der Waals surface area (Å²) in [5.41, 5.74) is 7.89. The molecule has 0 spiro atoms. The number of hydrogen-bond donors (Lipinski definition) is 1. The molecular formula is C19H25ClN2O2S. The molecular weight excluding hydrogens is 356 g/mol. The van der Waals surface area contributed by atoms with Crippen LogP contribution in [-0.2, 0) is 10.0 Å². The molecule has 0 bridgehead atoms. The Morgan fingerprint density at radius 1 is 1.00 bits per heavy atom. The van der Waals surface area contributed by atoms with E-state index in [1.165, 1.54) is 0 Å². The number of benzene rings is 2. The topological polar surface area (TPSA) is 63.4 Å². The quantitative estimate of drug-likeness (QED) is 0.882. The smallest absolute Gasteiger partial charge is 0.243 e. The third-order valence-electron chi connectivity index (χ3n) is 4.82. The van der Waals surface area contributed by atoms with Crippen LogP contribution >= 0.6 is 12.4 Å². The molecule has 1 aliphatic heterocycles. The predicted octanol–water partition coefficient (Wildman–Crippen LogP) is 3.52. The molecule has 0 saturated carbocycles.